The summed E-state index contributed by atoms with van der Waals surface area (Å²) in [5, 5.41) is 10.5. The molecular formula is C26H33N5O5. The van der Waals surface area contributed by atoms with Gasteiger partial charge in [-0.1, -0.05) is 0 Å². The van der Waals surface area contributed by atoms with Gasteiger partial charge in [0.2, 0.25) is 11.7 Å². The number of aliphatic imine (C=N–C) groups is 1. The number of guanidine groups is 1. The predicted octanol–water partition coefficient (Wildman–Crippen LogP) is 3.86. The van der Waals surface area contributed by atoms with Gasteiger partial charge in [0, 0.05) is 29.6 Å². The predicted molar refractivity (Wildman–Crippen MR) is 139 cm³/mol. The Hall–Kier alpha value is -4.21. The van der Waals surface area contributed by atoms with E-state index < -0.39 is 5.91 Å². The molecule has 0 aliphatic rings. The zero-order valence-electron chi connectivity index (χ0n) is 21.8. The van der Waals surface area contributed by atoms with Crippen molar-refractivity contribution in [2.45, 2.75) is 27.3 Å². The van der Waals surface area contributed by atoms with Gasteiger partial charge in [-0.05, 0) is 57.2 Å². The van der Waals surface area contributed by atoms with Gasteiger partial charge in [0.05, 0.1) is 40.2 Å². The lowest BCUT2D eigenvalue weighted by molar-refractivity contribution is 0.0976. The summed E-state index contributed by atoms with van der Waals surface area (Å²) in [5.74, 6) is 1.79. The van der Waals surface area contributed by atoms with E-state index in [1.165, 1.54) is 21.3 Å². The minimum absolute atomic E-state index is 0.278. The molecule has 0 saturated heterocycles. The Balaban J connectivity index is 1.91. The van der Waals surface area contributed by atoms with Gasteiger partial charge < -0.3 is 24.3 Å². The molecule has 0 fully saturated rings. The molecule has 1 heterocycles. The Morgan fingerprint density at radius 2 is 1.67 bits per heavy atom. The second-order valence-corrected chi connectivity index (χ2v) is 7.89. The van der Waals surface area contributed by atoms with Gasteiger partial charge in [0.1, 0.15) is 5.75 Å². The van der Waals surface area contributed by atoms with E-state index in [1.54, 1.807) is 12.1 Å². The molecule has 36 heavy (non-hydrogen) atoms. The van der Waals surface area contributed by atoms with Gasteiger partial charge in [-0.2, -0.15) is 5.10 Å². The molecule has 3 rings (SSSR count). The second-order valence-electron chi connectivity index (χ2n) is 7.89. The zero-order chi connectivity index (χ0) is 26.2. The SMILES string of the molecule is CCOc1ccc(NC(=NCc2c(C)nn(C)c2C)NC(=O)c2cc(OC)c(OC)c(OC)c2)cc1. The molecule has 10 nitrogen and oxygen atoms in total. The summed E-state index contributed by atoms with van der Waals surface area (Å²) < 4.78 is 23.5. The molecule has 2 N–H and O–H groups in total. The van der Waals surface area contributed by atoms with Crippen molar-refractivity contribution < 1.29 is 23.7 Å². The van der Waals surface area contributed by atoms with E-state index in [9.17, 15) is 4.79 Å². The van der Waals surface area contributed by atoms with Crippen molar-refractivity contribution in [2.24, 2.45) is 12.0 Å². The van der Waals surface area contributed by atoms with Crippen molar-refractivity contribution in [3.63, 3.8) is 0 Å². The molecule has 0 saturated carbocycles. The van der Waals surface area contributed by atoms with Crippen molar-refractivity contribution in [1.82, 2.24) is 15.1 Å². The van der Waals surface area contributed by atoms with Gasteiger partial charge in [0.15, 0.2) is 11.5 Å². The quantitative estimate of drug-likeness (QED) is 0.343. The maximum Gasteiger partial charge on any atom is 0.258 e. The van der Waals surface area contributed by atoms with Gasteiger partial charge in [-0.25, -0.2) is 4.99 Å². The molecule has 0 bridgehead atoms. The maximum absolute atomic E-state index is 13.2. The Kier molecular flexibility index (Phi) is 8.77. The standard InChI is InChI=1S/C26H33N5O5/c1-8-36-20-11-9-19(10-12-20)28-26(27-15-21-16(2)30-31(4)17(21)3)29-25(32)18-13-22(33-5)24(35-7)23(14-18)34-6/h9-14H,8,15H2,1-7H3,(H2,27,28,29,32). The molecule has 1 aromatic heterocycles. The average Bonchev–Trinajstić information content (AvgIpc) is 3.12. The van der Waals surface area contributed by atoms with Crippen LogP contribution in [0.5, 0.6) is 23.0 Å². The molecule has 3 aromatic rings. The number of methoxy groups -OCH3 is 3. The largest absolute Gasteiger partial charge is 0.494 e. The highest BCUT2D eigenvalue weighted by Gasteiger charge is 2.18. The smallest absolute Gasteiger partial charge is 0.258 e. The summed E-state index contributed by atoms with van der Waals surface area (Å²) in [6.45, 7) is 6.76. The van der Waals surface area contributed by atoms with Crippen LogP contribution in [0.4, 0.5) is 5.69 Å². The fourth-order valence-corrected chi connectivity index (χ4v) is 3.64. The van der Waals surface area contributed by atoms with E-state index in [2.05, 4.69) is 20.7 Å². The number of benzene rings is 2. The van der Waals surface area contributed by atoms with Crippen LogP contribution in [0.25, 0.3) is 0 Å². The number of nitrogens with zero attached hydrogens (tertiary/aromatic N) is 3. The van der Waals surface area contributed by atoms with E-state index in [4.69, 9.17) is 18.9 Å². The van der Waals surface area contributed by atoms with Crippen molar-refractivity contribution in [2.75, 3.05) is 33.3 Å². The Labute approximate surface area is 211 Å². The number of aromatic nitrogens is 2. The number of anilines is 1. The van der Waals surface area contributed by atoms with Crippen LogP contribution in [0.15, 0.2) is 41.4 Å². The fourth-order valence-electron chi connectivity index (χ4n) is 3.64. The summed E-state index contributed by atoms with van der Waals surface area (Å²) >= 11 is 0. The lowest BCUT2D eigenvalue weighted by Gasteiger charge is -2.15. The number of hydrogen-bond donors (Lipinski definition) is 2. The summed E-state index contributed by atoms with van der Waals surface area (Å²) in [7, 11) is 6.39. The van der Waals surface area contributed by atoms with Crippen LogP contribution in [0.3, 0.4) is 0 Å². The zero-order valence-corrected chi connectivity index (χ0v) is 21.8. The molecule has 0 radical (unpaired) electrons. The number of nitrogens with one attached hydrogen (secondary N) is 2. The fraction of sp³-hybridized carbons (Fsp3) is 0.346. The number of hydrogen-bond acceptors (Lipinski definition) is 7. The number of ether oxygens (including phenoxy) is 4. The Bertz CT molecular complexity index is 1210. The molecule has 0 unspecified atom stereocenters. The molecule has 0 atom stereocenters. The molecule has 2 aromatic carbocycles. The number of amides is 1. The van der Waals surface area contributed by atoms with Crippen molar-refractivity contribution >= 4 is 17.6 Å². The molecule has 0 aliphatic heterocycles. The first-order chi connectivity index (χ1) is 17.3. The Morgan fingerprint density at radius 3 is 2.17 bits per heavy atom. The first kappa shape index (κ1) is 26.4. The van der Waals surface area contributed by atoms with Crippen molar-refractivity contribution in [3.8, 4) is 23.0 Å². The molecular weight excluding hydrogens is 462 g/mol. The summed E-state index contributed by atoms with van der Waals surface area (Å²) in [6.07, 6.45) is 0. The lowest BCUT2D eigenvalue weighted by Crippen LogP contribution is -2.36. The average molecular weight is 496 g/mol. The van der Waals surface area contributed by atoms with Gasteiger partial charge in [-0.15, -0.1) is 0 Å². The van der Waals surface area contributed by atoms with Crippen LogP contribution in [0.2, 0.25) is 0 Å². The van der Waals surface area contributed by atoms with Crippen LogP contribution in [-0.4, -0.2) is 49.6 Å². The van der Waals surface area contributed by atoms with Crippen LogP contribution in [0.1, 0.15) is 34.2 Å². The number of rotatable bonds is 9. The number of aryl methyl sites for hydroxylation is 2. The molecule has 0 aliphatic carbocycles. The monoisotopic (exact) mass is 495 g/mol. The minimum Gasteiger partial charge on any atom is -0.494 e. The van der Waals surface area contributed by atoms with E-state index in [1.807, 2.05) is 56.8 Å². The molecule has 1 amide bonds. The van der Waals surface area contributed by atoms with Gasteiger partial charge >= 0.3 is 0 Å². The highest BCUT2D eigenvalue weighted by Crippen LogP contribution is 2.38. The normalized spacial score (nSPS) is 11.1. The third-order valence-electron chi connectivity index (χ3n) is 5.64. The van der Waals surface area contributed by atoms with Crippen LogP contribution in [0, 0.1) is 13.8 Å². The van der Waals surface area contributed by atoms with Crippen LogP contribution >= 0.6 is 0 Å². The first-order valence-electron chi connectivity index (χ1n) is 11.5. The maximum atomic E-state index is 13.2. The van der Waals surface area contributed by atoms with Crippen LogP contribution in [-0.2, 0) is 13.6 Å². The molecule has 192 valence electrons. The molecule has 10 heteroatoms. The summed E-state index contributed by atoms with van der Waals surface area (Å²) in [6, 6.07) is 10.6. The van der Waals surface area contributed by atoms with E-state index in [-0.39, 0.29) is 5.96 Å². The summed E-state index contributed by atoms with van der Waals surface area (Å²) in [5.41, 5.74) is 3.94. The highest BCUT2D eigenvalue weighted by atomic mass is 16.5. The minimum atomic E-state index is -0.397. The third kappa shape index (κ3) is 6.07. The molecule has 0 spiro atoms. The lowest BCUT2D eigenvalue weighted by atomic mass is 10.1. The van der Waals surface area contributed by atoms with E-state index >= 15 is 0 Å². The van der Waals surface area contributed by atoms with E-state index in [0.29, 0.717) is 36.0 Å². The second kappa shape index (κ2) is 12.0. The van der Waals surface area contributed by atoms with Crippen LogP contribution < -0.4 is 29.6 Å². The topological polar surface area (TPSA) is 108 Å². The number of carbonyl (C=O) groups is 1. The third-order valence-corrected chi connectivity index (χ3v) is 5.64. The van der Waals surface area contributed by atoms with E-state index in [0.717, 1.165) is 28.4 Å². The van der Waals surface area contributed by atoms with Crippen molar-refractivity contribution in [1.29, 1.82) is 0 Å². The van der Waals surface area contributed by atoms with Crippen molar-refractivity contribution in [3.05, 3.63) is 58.9 Å². The first-order valence-corrected chi connectivity index (χ1v) is 11.5. The van der Waals surface area contributed by atoms with Gasteiger partial charge in [-0.3, -0.25) is 14.8 Å². The highest BCUT2D eigenvalue weighted by molar-refractivity contribution is 6.10. The Morgan fingerprint density at radius 1 is 1.03 bits per heavy atom. The number of carbonyl (C=O) groups excluding carboxylic acids is 1. The summed E-state index contributed by atoms with van der Waals surface area (Å²) in [4.78, 5) is 17.9. The van der Waals surface area contributed by atoms with Gasteiger partial charge in [0.25, 0.3) is 5.91 Å².